The highest BCUT2D eigenvalue weighted by molar-refractivity contribution is 5.83. The van der Waals surface area contributed by atoms with Crippen LogP contribution in [-0.2, 0) is 9.53 Å². The van der Waals surface area contributed by atoms with Crippen LogP contribution in [0.5, 0.6) is 0 Å². The first kappa shape index (κ1) is 32.4. The van der Waals surface area contributed by atoms with Gasteiger partial charge in [0.05, 0.1) is 12.7 Å². The van der Waals surface area contributed by atoms with Gasteiger partial charge in [-0.2, -0.15) is 13.2 Å². The number of esters is 1. The van der Waals surface area contributed by atoms with Gasteiger partial charge < -0.3 is 10.5 Å². The molecule has 204 valence electrons. The summed E-state index contributed by atoms with van der Waals surface area (Å²) in [6.07, 6.45) is 9.42. The zero-order chi connectivity index (χ0) is 28.9. The van der Waals surface area contributed by atoms with Crippen molar-refractivity contribution in [1.82, 2.24) is 0 Å². The summed E-state index contributed by atoms with van der Waals surface area (Å²) in [5.74, 6) is -0.554. The van der Waals surface area contributed by atoms with E-state index in [4.69, 9.17) is 5.73 Å². The van der Waals surface area contributed by atoms with Crippen LogP contribution in [0.15, 0.2) is 100 Å². The van der Waals surface area contributed by atoms with Gasteiger partial charge in [0.2, 0.25) is 0 Å². The quantitative estimate of drug-likeness (QED) is 0.189. The monoisotopic (exact) mass is 525 g/mol. The molecular weight excluding hydrogens is 487 g/mol. The largest absolute Gasteiger partial charge is 0.468 e. The predicted octanol–water partition coefficient (Wildman–Crippen LogP) is 8.44. The normalized spacial score (nSPS) is 15.1. The molecule has 1 aromatic rings. The van der Waals surface area contributed by atoms with E-state index in [1.807, 2.05) is 32.9 Å². The van der Waals surface area contributed by atoms with Crippen molar-refractivity contribution in [3.05, 3.63) is 112 Å². The molecule has 38 heavy (non-hydrogen) atoms. The number of allylic oxidation sites excluding steroid dienone is 12. The molecule has 0 aromatic heterocycles. The fraction of sp³-hybridized carbons (Fsp3) is 0.312. The van der Waals surface area contributed by atoms with Crippen molar-refractivity contribution < 1.29 is 22.7 Å². The Bertz CT molecular complexity index is 1230. The molecule has 6 heteroatoms. The number of hydrogen-bond acceptors (Lipinski definition) is 3. The fourth-order valence-corrected chi connectivity index (χ4v) is 3.96. The van der Waals surface area contributed by atoms with Gasteiger partial charge in [-0.1, -0.05) is 66.3 Å². The predicted molar refractivity (Wildman–Crippen MR) is 152 cm³/mol. The Balaban J connectivity index is 4.11. The first-order valence-electron chi connectivity index (χ1n) is 12.3. The third-order valence-corrected chi connectivity index (χ3v) is 5.74. The van der Waals surface area contributed by atoms with Gasteiger partial charge in [-0.15, -0.1) is 5.73 Å². The van der Waals surface area contributed by atoms with Gasteiger partial charge in [0.1, 0.15) is 6.04 Å². The highest BCUT2D eigenvalue weighted by atomic mass is 19.4. The number of alkyl halides is 3. The first-order valence-corrected chi connectivity index (χ1v) is 12.3. The lowest BCUT2D eigenvalue weighted by molar-refractivity contribution is -0.142. The van der Waals surface area contributed by atoms with Crippen molar-refractivity contribution >= 4 is 17.6 Å². The smallest absolute Gasteiger partial charge is 0.417 e. The molecule has 0 aliphatic rings. The Kier molecular flexibility index (Phi) is 13.3. The third-order valence-electron chi connectivity index (χ3n) is 5.74. The summed E-state index contributed by atoms with van der Waals surface area (Å²) in [5, 5.41) is 0. The number of halogens is 3. The minimum atomic E-state index is -4.63. The highest BCUT2D eigenvalue weighted by Crippen LogP contribution is 2.42. The van der Waals surface area contributed by atoms with Crippen molar-refractivity contribution in [3.8, 4) is 0 Å². The van der Waals surface area contributed by atoms with Crippen molar-refractivity contribution in [2.45, 2.75) is 60.2 Å². The van der Waals surface area contributed by atoms with E-state index in [1.165, 1.54) is 20.1 Å². The van der Waals surface area contributed by atoms with Crippen LogP contribution in [0.25, 0.3) is 11.6 Å². The van der Waals surface area contributed by atoms with Gasteiger partial charge in [0.15, 0.2) is 0 Å². The van der Waals surface area contributed by atoms with Gasteiger partial charge in [0, 0.05) is 0 Å². The maximum absolute atomic E-state index is 14.8. The van der Waals surface area contributed by atoms with Gasteiger partial charge in [-0.05, 0) is 93.5 Å². The molecule has 0 amide bonds. The molecule has 1 atom stereocenters. The van der Waals surface area contributed by atoms with E-state index in [9.17, 15) is 18.0 Å². The van der Waals surface area contributed by atoms with E-state index < -0.39 is 23.8 Å². The summed E-state index contributed by atoms with van der Waals surface area (Å²) in [6, 6.07) is 5.54. The van der Waals surface area contributed by atoms with Crippen molar-refractivity contribution in [3.63, 3.8) is 0 Å². The Labute approximate surface area is 225 Å². The maximum atomic E-state index is 14.8. The number of carbonyl (C=O) groups is 1. The number of nitrogens with two attached hydrogens (primary N) is 1. The maximum Gasteiger partial charge on any atom is 0.417 e. The summed E-state index contributed by atoms with van der Waals surface area (Å²) < 4.78 is 49.0. The molecular formula is C32H38F3NO2. The van der Waals surface area contributed by atoms with Gasteiger partial charge in [-0.3, -0.25) is 4.79 Å². The summed E-state index contributed by atoms with van der Waals surface area (Å²) >= 11 is 0. The Hall–Kier alpha value is -3.60. The standard InChI is InChI=1S/C32H38F3NO2/c1-8-11-16-25-17-12-13-18-28(25)30(32(33,34)35)24(6)27(26(15-10-3)23(5)14-9-2)20-19-22(4)21-29(36)31(37)38-7/h8-10,12-20,29H,21,36H2,1-7H3/b14-9-,15-10+,22-19+,26-23+,27-20-,30-24+/t11?,29-/m0/s1. The van der Waals surface area contributed by atoms with Gasteiger partial charge >= 0.3 is 12.1 Å². The van der Waals surface area contributed by atoms with Crippen LogP contribution in [-0.4, -0.2) is 25.3 Å². The summed E-state index contributed by atoms with van der Waals surface area (Å²) in [6.45, 7) is 10.5. The molecule has 0 radical (unpaired) electrons. The molecule has 0 heterocycles. The lowest BCUT2D eigenvalue weighted by Crippen LogP contribution is -2.31. The molecule has 0 saturated heterocycles. The van der Waals surface area contributed by atoms with Gasteiger partial charge in [0.25, 0.3) is 0 Å². The molecule has 0 bridgehead atoms. The second-order valence-corrected chi connectivity index (χ2v) is 8.71. The fourth-order valence-electron chi connectivity index (χ4n) is 3.96. The number of hydrogen-bond donors (Lipinski definition) is 1. The van der Waals surface area contributed by atoms with Crippen LogP contribution >= 0.6 is 0 Å². The molecule has 0 fully saturated rings. The Morgan fingerprint density at radius 3 is 2.24 bits per heavy atom. The number of benzene rings is 1. The second kappa shape index (κ2) is 15.6. The number of rotatable bonds is 10. The van der Waals surface area contributed by atoms with Gasteiger partial charge in [-0.25, -0.2) is 0 Å². The minimum absolute atomic E-state index is 0.0645. The summed E-state index contributed by atoms with van der Waals surface area (Å²) in [4.78, 5) is 11.8. The molecule has 3 nitrogen and oxygen atoms in total. The van der Waals surface area contributed by atoms with Crippen molar-refractivity contribution in [2.75, 3.05) is 7.11 Å². The van der Waals surface area contributed by atoms with E-state index in [0.717, 1.165) is 11.1 Å². The molecule has 0 aliphatic heterocycles. The summed E-state index contributed by atoms with van der Waals surface area (Å²) in [5.41, 5.74) is 11.2. The van der Waals surface area contributed by atoms with E-state index in [2.05, 4.69) is 10.5 Å². The van der Waals surface area contributed by atoms with Crippen LogP contribution in [0.3, 0.4) is 0 Å². The molecule has 1 aromatic carbocycles. The van der Waals surface area contributed by atoms with Crippen LogP contribution in [0.2, 0.25) is 0 Å². The van der Waals surface area contributed by atoms with E-state index in [0.29, 0.717) is 16.7 Å². The highest BCUT2D eigenvalue weighted by Gasteiger charge is 2.38. The number of ether oxygens (including phenoxy) is 1. The van der Waals surface area contributed by atoms with Crippen molar-refractivity contribution in [1.29, 1.82) is 0 Å². The van der Waals surface area contributed by atoms with Crippen LogP contribution < -0.4 is 5.73 Å². The Morgan fingerprint density at radius 2 is 1.68 bits per heavy atom. The lowest BCUT2D eigenvalue weighted by atomic mass is 9.86. The molecule has 0 aliphatic carbocycles. The molecule has 2 N–H and O–H groups in total. The zero-order valence-corrected chi connectivity index (χ0v) is 23.2. The lowest BCUT2D eigenvalue weighted by Gasteiger charge is -2.21. The topological polar surface area (TPSA) is 52.3 Å². The average molecular weight is 526 g/mol. The Morgan fingerprint density at radius 1 is 1.05 bits per heavy atom. The zero-order valence-electron chi connectivity index (χ0n) is 23.2. The second-order valence-electron chi connectivity index (χ2n) is 8.71. The number of carbonyl (C=O) groups excluding carboxylic acids is 1. The van der Waals surface area contributed by atoms with Crippen LogP contribution in [0.1, 0.15) is 59.1 Å². The molecule has 0 saturated carbocycles. The average Bonchev–Trinajstić information content (AvgIpc) is 2.86. The third kappa shape index (κ3) is 9.37. The first-order chi connectivity index (χ1) is 17.9. The molecule has 1 rings (SSSR count). The molecule has 0 spiro atoms. The summed E-state index contributed by atoms with van der Waals surface area (Å²) in [7, 11) is 1.26. The van der Waals surface area contributed by atoms with Crippen LogP contribution in [0, 0.1) is 0 Å². The molecule has 0 unspecified atom stereocenters. The number of methoxy groups -OCH3 is 1. The SMILES string of the molecule is CC=C=Cc1ccccc1\C(=C(C)/C(=C/C=C(\C)C[C@H](N)C(=O)OC)C(/C=C/C)=C(C)/C=C\C)C(F)(F)F. The minimum Gasteiger partial charge on any atom is -0.468 e. The van der Waals surface area contributed by atoms with E-state index >= 15 is 0 Å². The van der Waals surface area contributed by atoms with E-state index in [1.54, 1.807) is 68.5 Å². The van der Waals surface area contributed by atoms with Crippen LogP contribution in [0.4, 0.5) is 13.2 Å². The van der Waals surface area contributed by atoms with Crippen molar-refractivity contribution in [2.24, 2.45) is 5.73 Å². The van der Waals surface area contributed by atoms with E-state index in [-0.39, 0.29) is 17.6 Å².